The van der Waals surface area contributed by atoms with Crippen molar-refractivity contribution in [2.45, 2.75) is 37.4 Å². The first kappa shape index (κ1) is 17.2. The molecule has 28 heavy (non-hydrogen) atoms. The number of amides is 2. The molecule has 0 aliphatic carbocycles. The van der Waals surface area contributed by atoms with Crippen molar-refractivity contribution in [2.24, 2.45) is 5.92 Å². The van der Waals surface area contributed by atoms with Crippen LogP contribution in [0, 0.1) is 5.92 Å². The Kier molecular flexibility index (Phi) is 3.87. The Morgan fingerprint density at radius 2 is 2.18 bits per heavy atom. The Labute approximate surface area is 163 Å². The first-order chi connectivity index (χ1) is 13.6. The van der Waals surface area contributed by atoms with Crippen molar-refractivity contribution in [3.63, 3.8) is 0 Å². The summed E-state index contributed by atoms with van der Waals surface area (Å²) >= 11 is 0. The fraction of sp³-hybridized carbons (Fsp3) is 0.381. The van der Waals surface area contributed by atoms with Crippen LogP contribution in [0.2, 0.25) is 0 Å². The summed E-state index contributed by atoms with van der Waals surface area (Å²) in [6.45, 7) is 1.14. The number of nitrogens with one attached hydrogen (secondary N) is 2. The summed E-state index contributed by atoms with van der Waals surface area (Å²) in [5.74, 6) is -0.212. The van der Waals surface area contributed by atoms with Gasteiger partial charge < -0.3 is 16.4 Å². The van der Waals surface area contributed by atoms with Gasteiger partial charge in [-0.3, -0.25) is 14.5 Å². The lowest BCUT2D eigenvalue weighted by molar-refractivity contribution is -0.137. The largest absolute Gasteiger partial charge is 0.383 e. The molecule has 7 nitrogen and oxygen atoms in total. The second-order valence-corrected chi connectivity index (χ2v) is 7.81. The van der Waals surface area contributed by atoms with E-state index in [1.165, 1.54) is 0 Å². The van der Waals surface area contributed by atoms with Gasteiger partial charge in [0, 0.05) is 35.6 Å². The van der Waals surface area contributed by atoms with Crippen LogP contribution < -0.4 is 16.4 Å². The topological polar surface area (TPSA) is 100 Å². The molecule has 1 spiro atoms. The molecule has 4 heterocycles. The molecule has 1 aromatic carbocycles. The van der Waals surface area contributed by atoms with Gasteiger partial charge in [-0.15, -0.1) is 0 Å². The molecule has 0 bridgehead atoms. The van der Waals surface area contributed by atoms with Crippen molar-refractivity contribution < 1.29 is 9.59 Å². The normalized spacial score (nSPS) is 28.2. The van der Waals surface area contributed by atoms with Crippen LogP contribution >= 0.6 is 0 Å². The zero-order valence-electron chi connectivity index (χ0n) is 15.5. The number of nitrogens with two attached hydrogens (primary N) is 1. The molecule has 2 saturated heterocycles. The maximum Gasteiger partial charge on any atom is 0.250 e. The molecule has 0 radical (unpaired) electrons. The summed E-state index contributed by atoms with van der Waals surface area (Å²) < 4.78 is 0. The molecule has 7 heteroatoms. The van der Waals surface area contributed by atoms with E-state index in [-0.39, 0.29) is 17.9 Å². The van der Waals surface area contributed by atoms with Crippen LogP contribution in [0.1, 0.15) is 30.4 Å². The molecule has 0 unspecified atom stereocenters. The van der Waals surface area contributed by atoms with Gasteiger partial charge in [0.2, 0.25) is 11.8 Å². The van der Waals surface area contributed by atoms with Gasteiger partial charge >= 0.3 is 0 Å². The van der Waals surface area contributed by atoms with Crippen molar-refractivity contribution >= 4 is 23.3 Å². The highest BCUT2D eigenvalue weighted by atomic mass is 16.2. The lowest BCUT2D eigenvalue weighted by atomic mass is 9.78. The van der Waals surface area contributed by atoms with E-state index >= 15 is 0 Å². The van der Waals surface area contributed by atoms with Crippen LogP contribution in [0.5, 0.6) is 0 Å². The zero-order chi connectivity index (χ0) is 19.3. The highest BCUT2D eigenvalue weighted by Crippen LogP contribution is 2.55. The van der Waals surface area contributed by atoms with Crippen molar-refractivity contribution in [1.29, 1.82) is 0 Å². The van der Waals surface area contributed by atoms with Crippen molar-refractivity contribution in [3.8, 4) is 0 Å². The Morgan fingerprint density at radius 1 is 1.32 bits per heavy atom. The van der Waals surface area contributed by atoms with Crippen LogP contribution in [0.3, 0.4) is 0 Å². The first-order valence-corrected chi connectivity index (χ1v) is 9.77. The molecule has 3 aliphatic rings. The number of hydrogen-bond acceptors (Lipinski definition) is 5. The van der Waals surface area contributed by atoms with Gasteiger partial charge in [0.25, 0.3) is 0 Å². The highest BCUT2D eigenvalue weighted by Gasteiger charge is 2.65. The van der Waals surface area contributed by atoms with E-state index in [9.17, 15) is 9.59 Å². The van der Waals surface area contributed by atoms with Gasteiger partial charge in [0.1, 0.15) is 11.4 Å². The summed E-state index contributed by atoms with van der Waals surface area (Å²) in [5, 5.41) is 6.03. The molecule has 3 atom stereocenters. The number of fused-ring (bicyclic) bond motifs is 4. The molecule has 5 rings (SSSR count). The second-order valence-electron chi connectivity index (χ2n) is 7.81. The van der Waals surface area contributed by atoms with Gasteiger partial charge in [0.05, 0.1) is 5.92 Å². The van der Waals surface area contributed by atoms with E-state index in [2.05, 4.69) is 20.5 Å². The highest BCUT2D eigenvalue weighted by molar-refractivity contribution is 6.09. The van der Waals surface area contributed by atoms with Gasteiger partial charge in [0.15, 0.2) is 0 Å². The summed E-state index contributed by atoms with van der Waals surface area (Å²) in [7, 11) is 0. The number of nitrogen functional groups attached to an aromatic ring is 1. The quantitative estimate of drug-likeness (QED) is 0.755. The van der Waals surface area contributed by atoms with Gasteiger partial charge in [-0.2, -0.15) is 0 Å². The lowest BCUT2D eigenvalue weighted by Gasteiger charge is -2.36. The number of nitrogens with zero attached hydrogens (tertiary/aromatic N) is 2. The Balaban J connectivity index is 1.49. The summed E-state index contributed by atoms with van der Waals surface area (Å²) in [6, 6.07) is 11.7. The fourth-order valence-electron chi connectivity index (χ4n) is 5.29. The van der Waals surface area contributed by atoms with E-state index in [1.807, 2.05) is 30.3 Å². The van der Waals surface area contributed by atoms with E-state index < -0.39 is 11.5 Å². The Bertz CT molecular complexity index is 961. The van der Waals surface area contributed by atoms with Crippen LogP contribution in [0.15, 0.2) is 42.6 Å². The average Bonchev–Trinajstić information content (AvgIpc) is 3.35. The minimum atomic E-state index is -0.914. The fourth-order valence-corrected chi connectivity index (χ4v) is 5.29. The van der Waals surface area contributed by atoms with Gasteiger partial charge in [-0.05, 0) is 37.9 Å². The SMILES string of the molecule is Nc1ncccc1CNC(=O)[C@H]1C[C@H]2CCCN2[C@]12C(=O)Nc1ccccc12. The standard InChI is InChI=1S/C21H23N5O2/c22-18-13(5-3-9-23-18)12-24-19(27)16-11-14-6-4-10-26(14)21(16)15-7-1-2-8-17(15)25-20(21)28/h1-3,5,7-9,14,16H,4,6,10-12H2,(H2,22,23)(H,24,27)(H,25,28)/t14-,16-,21+/m1/s1. The Morgan fingerprint density at radius 3 is 3.04 bits per heavy atom. The molecule has 4 N–H and O–H groups in total. The van der Waals surface area contributed by atoms with Crippen LogP contribution in [0.25, 0.3) is 0 Å². The number of para-hydroxylation sites is 1. The van der Waals surface area contributed by atoms with Crippen LogP contribution in [-0.4, -0.2) is 34.3 Å². The molecular formula is C21H23N5O2. The maximum absolute atomic E-state index is 13.3. The number of hydrogen-bond donors (Lipinski definition) is 3. The van der Waals surface area contributed by atoms with E-state index in [4.69, 9.17) is 5.73 Å². The zero-order valence-corrected chi connectivity index (χ0v) is 15.5. The summed E-state index contributed by atoms with van der Waals surface area (Å²) in [5.41, 5.74) is 7.50. The molecule has 144 valence electrons. The van der Waals surface area contributed by atoms with Crippen molar-refractivity contribution in [2.75, 3.05) is 17.6 Å². The number of benzene rings is 1. The van der Waals surface area contributed by atoms with Crippen LogP contribution in [-0.2, 0) is 21.7 Å². The van der Waals surface area contributed by atoms with E-state index in [1.54, 1.807) is 12.3 Å². The van der Waals surface area contributed by atoms with Crippen LogP contribution in [0.4, 0.5) is 11.5 Å². The second kappa shape index (κ2) is 6.31. The predicted molar refractivity (Wildman–Crippen MR) is 105 cm³/mol. The minimum absolute atomic E-state index is 0.0841. The molecule has 0 saturated carbocycles. The average molecular weight is 377 g/mol. The molecule has 1 aromatic heterocycles. The summed E-state index contributed by atoms with van der Waals surface area (Å²) in [4.78, 5) is 32.9. The third-order valence-electron chi connectivity index (χ3n) is 6.47. The van der Waals surface area contributed by atoms with Crippen molar-refractivity contribution in [1.82, 2.24) is 15.2 Å². The number of rotatable bonds is 3. The van der Waals surface area contributed by atoms with E-state index in [0.717, 1.165) is 36.2 Å². The first-order valence-electron chi connectivity index (χ1n) is 9.77. The molecule has 3 aliphatic heterocycles. The lowest BCUT2D eigenvalue weighted by Crippen LogP contribution is -2.54. The third-order valence-corrected chi connectivity index (χ3v) is 6.47. The van der Waals surface area contributed by atoms with Gasteiger partial charge in [-0.1, -0.05) is 24.3 Å². The maximum atomic E-state index is 13.3. The van der Waals surface area contributed by atoms with Crippen molar-refractivity contribution in [3.05, 3.63) is 53.7 Å². The minimum Gasteiger partial charge on any atom is -0.383 e. The molecule has 2 aromatic rings. The third kappa shape index (κ3) is 2.29. The molecular weight excluding hydrogens is 354 g/mol. The number of anilines is 2. The Hall–Kier alpha value is -2.93. The monoisotopic (exact) mass is 377 g/mol. The van der Waals surface area contributed by atoms with E-state index in [0.29, 0.717) is 18.8 Å². The molecule has 2 amide bonds. The number of carbonyl (C=O) groups is 2. The smallest absolute Gasteiger partial charge is 0.250 e. The summed E-state index contributed by atoms with van der Waals surface area (Å²) in [6.07, 6.45) is 4.40. The molecule has 2 fully saturated rings. The number of carbonyl (C=O) groups excluding carboxylic acids is 2. The predicted octanol–water partition coefficient (Wildman–Crippen LogP) is 1.61. The number of pyridine rings is 1. The van der Waals surface area contributed by atoms with Gasteiger partial charge in [-0.25, -0.2) is 4.98 Å². The number of aromatic nitrogens is 1.